The van der Waals surface area contributed by atoms with E-state index in [2.05, 4.69) is 15.9 Å². The number of ether oxygens (including phenoxy) is 1. The van der Waals surface area contributed by atoms with E-state index in [1.54, 1.807) is 7.11 Å². The van der Waals surface area contributed by atoms with Crippen molar-refractivity contribution in [3.05, 3.63) is 28.2 Å². The highest BCUT2D eigenvalue weighted by molar-refractivity contribution is 9.10. The first kappa shape index (κ1) is 16.8. The average molecular weight is 370 g/mol. The van der Waals surface area contributed by atoms with E-state index >= 15 is 0 Å². The van der Waals surface area contributed by atoms with Gasteiger partial charge in [0.05, 0.1) is 11.6 Å². The van der Waals surface area contributed by atoms with Crippen molar-refractivity contribution in [1.82, 2.24) is 4.90 Å². The number of hydrogen-bond donors (Lipinski definition) is 1. The van der Waals surface area contributed by atoms with Gasteiger partial charge in [0.15, 0.2) is 0 Å². The molecule has 6 heteroatoms. The minimum atomic E-state index is -0.903. The summed E-state index contributed by atoms with van der Waals surface area (Å²) < 4.78 is 6.02. The fourth-order valence-corrected chi connectivity index (χ4v) is 3.34. The van der Waals surface area contributed by atoms with Gasteiger partial charge in [-0.2, -0.15) is 0 Å². The SMILES string of the molecule is COc1ccc(CCC(=O)N2CCCC[C@@H]2C(=O)O)cc1Br. The molecule has 1 heterocycles. The number of piperidine rings is 1. The molecule has 1 atom stereocenters. The highest BCUT2D eigenvalue weighted by atomic mass is 79.9. The Morgan fingerprint density at radius 1 is 1.41 bits per heavy atom. The molecule has 1 N–H and O–H groups in total. The quantitative estimate of drug-likeness (QED) is 0.866. The number of hydrogen-bond acceptors (Lipinski definition) is 3. The maximum Gasteiger partial charge on any atom is 0.326 e. The summed E-state index contributed by atoms with van der Waals surface area (Å²) in [6.07, 6.45) is 3.21. The van der Waals surface area contributed by atoms with Gasteiger partial charge in [0.25, 0.3) is 0 Å². The molecule has 0 radical (unpaired) electrons. The predicted molar refractivity (Wildman–Crippen MR) is 86.0 cm³/mol. The van der Waals surface area contributed by atoms with Gasteiger partial charge in [0.2, 0.25) is 5.91 Å². The second-order valence-corrected chi connectivity index (χ2v) is 6.26. The van der Waals surface area contributed by atoms with Crippen LogP contribution < -0.4 is 4.74 Å². The Bertz CT molecular complexity index is 561. The Morgan fingerprint density at radius 2 is 2.18 bits per heavy atom. The van der Waals surface area contributed by atoms with Gasteiger partial charge in [0.1, 0.15) is 11.8 Å². The van der Waals surface area contributed by atoms with Crippen LogP contribution in [0.5, 0.6) is 5.75 Å². The Morgan fingerprint density at radius 3 is 2.82 bits per heavy atom. The van der Waals surface area contributed by atoms with Crippen LogP contribution in [0.2, 0.25) is 0 Å². The molecule has 2 rings (SSSR count). The first-order chi connectivity index (χ1) is 10.5. The summed E-state index contributed by atoms with van der Waals surface area (Å²) in [6, 6.07) is 5.03. The molecule has 22 heavy (non-hydrogen) atoms. The Balaban J connectivity index is 1.96. The summed E-state index contributed by atoms with van der Waals surface area (Å²) in [7, 11) is 1.60. The predicted octanol–water partition coefficient (Wildman–Crippen LogP) is 2.86. The number of rotatable bonds is 5. The number of aliphatic carboxylic acids is 1. The third-order valence-corrected chi connectivity index (χ3v) is 4.57. The third-order valence-electron chi connectivity index (χ3n) is 3.95. The Kier molecular flexibility index (Phi) is 5.83. The molecular formula is C16H20BrNO4. The maximum absolute atomic E-state index is 12.3. The summed E-state index contributed by atoms with van der Waals surface area (Å²) in [5.41, 5.74) is 1.02. The summed E-state index contributed by atoms with van der Waals surface area (Å²) in [5, 5.41) is 9.22. The molecule has 1 aromatic rings. The molecule has 120 valence electrons. The van der Waals surface area contributed by atoms with E-state index in [0.29, 0.717) is 25.8 Å². The van der Waals surface area contributed by atoms with E-state index in [1.165, 1.54) is 4.90 Å². The lowest BCUT2D eigenvalue weighted by molar-refractivity contribution is -0.152. The van der Waals surface area contributed by atoms with Crippen LogP contribution in [-0.4, -0.2) is 41.6 Å². The van der Waals surface area contributed by atoms with Crippen molar-refractivity contribution in [1.29, 1.82) is 0 Å². The molecule has 0 aromatic heterocycles. The molecule has 1 aromatic carbocycles. The van der Waals surface area contributed by atoms with E-state index in [0.717, 1.165) is 28.6 Å². The van der Waals surface area contributed by atoms with Crippen molar-refractivity contribution >= 4 is 27.8 Å². The number of likely N-dealkylation sites (tertiary alicyclic amines) is 1. The fraction of sp³-hybridized carbons (Fsp3) is 0.500. The van der Waals surface area contributed by atoms with Gasteiger partial charge in [-0.25, -0.2) is 4.79 Å². The van der Waals surface area contributed by atoms with Crippen molar-refractivity contribution in [3.63, 3.8) is 0 Å². The number of carbonyl (C=O) groups is 2. The van der Waals surface area contributed by atoms with Crippen molar-refractivity contribution in [2.45, 2.75) is 38.1 Å². The first-order valence-electron chi connectivity index (χ1n) is 7.37. The van der Waals surface area contributed by atoms with Crippen molar-refractivity contribution in [3.8, 4) is 5.75 Å². The summed E-state index contributed by atoms with van der Waals surface area (Å²) in [6.45, 7) is 0.544. The molecule has 0 saturated carbocycles. The lowest BCUT2D eigenvalue weighted by Crippen LogP contribution is -2.48. The second-order valence-electron chi connectivity index (χ2n) is 5.41. The topological polar surface area (TPSA) is 66.8 Å². The zero-order chi connectivity index (χ0) is 16.1. The molecule has 0 unspecified atom stereocenters. The van der Waals surface area contributed by atoms with Gasteiger partial charge >= 0.3 is 5.97 Å². The number of carboxylic acids is 1. The van der Waals surface area contributed by atoms with E-state index in [9.17, 15) is 14.7 Å². The lowest BCUT2D eigenvalue weighted by atomic mass is 10.0. The number of amides is 1. The molecular weight excluding hydrogens is 350 g/mol. The standard InChI is InChI=1S/C16H20BrNO4/c1-22-14-7-5-11(10-12(14)17)6-8-15(19)18-9-3-2-4-13(18)16(20)21/h5,7,10,13H,2-4,6,8-9H2,1H3,(H,20,21)/t13-/m1/s1. The molecule has 5 nitrogen and oxygen atoms in total. The minimum Gasteiger partial charge on any atom is -0.496 e. The van der Waals surface area contributed by atoms with Crippen molar-refractivity contribution in [2.24, 2.45) is 0 Å². The van der Waals surface area contributed by atoms with E-state index < -0.39 is 12.0 Å². The number of benzene rings is 1. The van der Waals surface area contributed by atoms with E-state index in [4.69, 9.17) is 4.74 Å². The Labute approximate surface area is 138 Å². The largest absolute Gasteiger partial charge is 0.496 e. The van der Waals surface area contributed by atoms with Crippen molar-refractivity contribution < 1.29 is 19.4 Å². The van der Waals surface area contributed by atoms with Crippen LogP contribution in [-0.2, 0) is 16.0 Å². The highest BCUT2D eigenvalue weighted by Crippen LogP contribution is 2.26. The van der Waals surface area contributed by atoms with Crippen LogP contribution in [0.1, 0.15) is 31.2 Å². The summed E-state index contributed by atoms with van der Waals surface area (Å²) in [5.74, 6) is -0.240. The van der Waals surface area contributed by atoms with Gasteiger partial charge < -0.3 is 14.7 Å². The van der Waals surface area contributed by atoms with Crippen molar-refractivity contribution in [2.75, 3.05) is 13.7 Å². The number of aryl methyl sites for hydroxylation is 1. The van der Waals surface area contributed by atoms with Crippen LogP contribution in [0.3, 0.4) is 0 Å². The van der Waals surface area contributed by atoms with E-state index in [-0.39, 0.29) is 5.91 Å². The van der Waals surface area contributed by atoms with E-state index in [1.807, 2.05) is 18.2 Å². The molecule has 1 amide bonds. The van der Waals surface area contributed by atoms with Gasteiger partial charge in [0, 0.05) is 13.0 Å². The summed E-state index contributed by atoms with van der Waals surface area (Å²) in [4.78, 5) is 25.1. The van der Waals surface area contributed by atoms with Crippen LogP contribution in [0.25, 0.3) is 0 Å². The third kappa shape index (κ3) is 4.00. The number of carboxylic acid groups (broad SMARTS) is 1. The normalized spacial score (nSPS) is 18.1. The fourth-order valence-electron chi connectivity index (χ4n) is 2.75. The van der Waals surface area contributed by atoms with Gasteiger partial charge in [-0.15, -0.1) is 0 Å². The molecule has 0 spiro atoms. The van der Waals surface area contributed by atoms with Gasteiger partial charge in [-0.1, -0.05) is 6.07 Å². The minimum absolute atomic E-state index is 0.0842. The lowest BCUT2D eigenvalue weighted by Gasteiger charge is -2.33. The number of methoxy groups -OCH3 is 1. The second kappa shape index (κ2) is 7.63. The Hall–Kier alpha value is -1.56. The molecule has 0 aliphatic carbocycles. The molecule has 1 aliphatic rings. The zero-order valence-corrected chi connectivity index (χ0v) is 14.1. The number of carbonyl (C=O) groups excluding carboxylic acids is 1. The van der Waals surface area contributed by atoms with Gasteiger partial charge in [-0.3, -0.25) is 4.79 Å². The van der Waals surface area contributed by atoms with Gasteiger partial charge in [-0.05, 0) is 59.3 Å². The molecule has 0 bridgehead atoms. The van der Waals surface area contributed by atoms with Crippen LogP contribution in [0.15, 0.2) is 22.7 Å². The molecule has 1 aliphatic heterocycles. The molecule has 1 saturated heterocycles. The average Bonchev–Trinajstić information content (AvgIpc) is 2.52. The van der Waals surface area contributed by atoms with Crippen LogP contribution in [0.4, 0.5) is 0 Å². The highest BCUT2D eigenvalue weighted by Gasteiger charge is 2.31. The van der Waals surface area contributed by atoms with Crippen LogP contribution >= 0.6 is 15.9 Å². The smallest absolute Gasteiger partial charge is 0.326 e. The number of nitrogens with zero attached hydrogens (tertiary/aromatic N) is 1. The molecule has 1 fully saturated rings. The monoisotopic (exact) mass is 369 g/mol. The van der Waals surface area contributed by atoms with Crippen LogP contribution in [0, 0.1) is 0 Å². The maximum atomic E-state index is 12.3. The summed E-state index contributed by atoms with van der Waals surface area (Å²) >= 11 is 3.42. The number of halogens is 1. The zero-order valence-electron chi connectivity index (χ0n) is 12.5. The first-order valence-corrected chi connectivity index (χ1v) is 8.17.